The van der Waals surface area contributed by atoms with Crippen LogP contribution >= 0.6 is 0 Å². The maximum Gasteiger partial charge on any atom is 0.416 e. The Balaban J connectivity index is 1.73. The van der Waals surface area contributed by atoms with E-state index in [4.69, 9.17) is 0 Å². The Morgan fingerprint density at radius 1 is 1.00 bits per heavy atom. The molecule has 0 heterocycles. The van der Waals surface area contributed by atoms with Crippen molar-refractivity contribution in [2.45, 2.75) is 18.5 Å². The van der Waals surface area contributed by atoms with E-state index in [9.17, 15) is 17.4 Å². The molecule has 0 bridgehead atoms. The van der Waals surface area contributed by atoms with Crippen LogP contribution in [0.1, 0.15) is 16.7 Å². The fourth-order valence-electron chi connectivity index (χ4n) is 2.33. The fraction of sp³-hybridized carbons (Fsp3) is 0.316. The van der Waals surface area contributed by atoms with Crippen LogP contribution in [0.2, 0.25) is 0 Å². The molecule has 2 N–H and O–H groups in total. The van der Waals surface area contributed by atoms with E-state index in [0.29, 0.717) is 36.1 Å². The van der Waals surface area contributed by atoms with Gasteiger partial charge >= 0.3 is 6.18 Å². The third kappa shape index (κ3) is 7.42. The molecule has 4 nitrogen and oxygen atoms in total. The van der Waals surface area contributed by atoms with Crippen LogP contribution in [-0.4, -0.2) is 29.5 Å². The molecule has 2 aromatic carbocycles. The molecular formula is C19H22F3N3OS. The van der Waals surface area contributed by atoms with E-state index in [1.807, 2.05) is 30.3 Å². The van der Waals surface area contributed by atoms with Crippen molar-refractivity contribution in [1.82, 2.24) is 10.6 Å². The van der Waals surface area contributed by atoms with Gasteiger partial charge in [-0.1, -0.05) is 42.5 Å². The van der Waals surface area contributed by atoms with Crippen LogP contribution in [-0.2, 0) is 29.3 Å². The molecule has 0 spiro atoms. The minimum atomic E-state index is -4.33. The second-order valence-corrected chi connectivity index (χ2v) is 7.40. The van der Waals surface area contributed by atoms with E-state index in [1.165, 1.54) is 12.1 Å². The summed E-state index contributed by atoms with van der Waals surface area (Å²) in [7, 11) is 0.608. The van der Waals surface area contributed by atoms with Gasteiger partial charge in [0.1, 0.15) is 0 Å². The number of nitrogens with one attached hydrogen (secondary N) is 2. The summed E-state index contributed by atoms with van der Waals surface area (Å²) < 4.78 is 49.8. The highest BCUT2D eigenvalue weighted by Crippen LogP contribution is 2.28. The molecule has 0 saturated heterocycles. The molecule has 0 aliphatic rings. The van der Waals surface area contributed by atoms with Crippen molar-refractivity contribution in [3.8, 4) is 0 Å². The Kier molecular flexibility index (Phi) is 7.84. The zero-order chi connectivity index (χ0) is 19.7. The lowest BCUT2D eigenvalue weighted by atomic mass is 10.1. The standard InChI is InChI=1S/C19H22F3N3OS/c1-23-18(24-11-12-27(26)14-16-5-3-2-4-6-16)25-13-15-7-9-17(10-8-15)19(20,21)22/h2-10H,11-14H2,1H3,(H2,23,24,25). The summed E-state index contributed by atoms with van der Waals surface area (Å²) in [6.07, 6.45) is -4.33. The van der Waals surface area contributed by atoms with Gasteiger partial charge in [-0.25, -0.2) is 0 Å². The quantitative estimate of drug-likeness (QED) is 0.557. The zero-order valence-electron chi connectivity index (χ0n) is 14.9. The third-order valence-corrected chi connectivity index (χ3v) is 5.07. The summed E-state index contributed by atoms with van der Waals surface area (Å²) in [5.74, 6) is 1.47. The lowest BCUT2D eigenvalue weighted by Crippen LogP contribution is -2.38. The zero-order valence-corrected chi connectivity index (χ0v) is 15.7. The van der Waals surface area contributed by atoms with Crippen molar-refractivity contribution >= 4 is 16.8 Å². The summed E-state index contributed by atoms with van der Waals surface area (Å²) in [5, 5.41) is 6.08. The van der Waals surface area contributed by atoms with Gasteiger partial charge in [0.25, 0.3) is 0 Å². The molecule has 146 valence electrons. The number of nitrogens with zero attached hydrogens (tertiary/aromatic N) is 1. The largest absolute Gasteiger partial charge is 0.416 e. The number of rotatable bonds is 7. The second-order valence-electron chi connectivity index (χ2n) is 5.82. The van der Waals surface area contributed by atoms with E-state index < -0.39 is 22.5 Å². The molecule has 2 aromatic rings. The molecule has 8 heteroatoms. The van der Waals surface area contributed by atoms with Crippen LogP contribution in [0.5, 0.6) is 0 Å². The van der Waals surface area contributed by atoms with Crippen LogP contribution in [0.4, 0.5) is 13.2 Å². The molecule has 0 fully saturated rings. The summed E-state index contributed by atoms with van der Waals surface area (Å²) >= 11 is 0. The van der Waals surface area contributed by atoms with E-state index in [0.717, 1.165) is 17.7 Å². The first-order chi connectivity index (χ1) is 12.9. The van der Waals surface area contributed by atoms with Crippen molar-refractivity contribution in [2.24, 2.45) is 4.99 Å². The molecule has 1 unspecified atom stereocenters. The molecule has 0 aromatic heterocycles. The molecule has 0 aliphatic heterocycles. The lowest BCUT2D eigenvalue weighted by molar-refractivity contribution is -0.137. The first kappa shape index (κ1) is 21.0. The fourth-order valence-corrected chi connectivity index (χ4v) is 3.37. The first-order valence-corrected chi connectivity index (χ1v) is 9.87. The second kappa shape index (κ2) is 10.1. The minimum Gasteiger partial charge on any atom is -0.355 e. The van der Waals surface area contributed by atoms with Crippen molar-refractivity contribution in [3.63, 3.8) is 0 Å². The molecular weight excluding hydrogens is 375 g/mol. The van der Waals surface area contributed by atoms with Gasteiger partial charge in [0.05, 0.1) is 5.56 Å². The lowest BCUT2D eigenvalue weighted by Gasteiger charge is -2.12. The average Bonchev–Trinajstić information content (AvgIpc) is 2.65. The summed E-state index contributed by atoms with van der Waals surface area (Å²) in [5.41, 5.74) is 1.06. The molecule has 27 heavy (non-hydrogen) atoms. The first-order valence-electron chi connectivity index (χ1n) is 8.38. The highest BCUT2D eigenvalue weighted by molar-refractivity contribution is 7.84. The normalized spacial score (nSPS) is 13.3. The van der Waals surface area contributed by atoms with Gasteiger partial charge < -0.3 is 10.6 Å². The van der Waals surface area contributed by atoms with E-state index in [-0.39, 0.29) is 0 Å². The van der Waals surface area contributed by atoms with Crippen LogP contribution in [0.25, 0.3) is 0 Å². The Bertz CT molecular complexity index is 762. The van der Waals surface area contributed by atoms with Gasteiger partial charge in [-0.3, -0.25) is 9.20 Å². The monoisotopic (exact) mass is 397 g/mol. The summed E-state index contributed by atoms with van der Waals surface area (Å²) in [4.78, 5) is 4.06. The van der Waals surface area contributed by atoms with Gasteiger partial charge in [-0.15, -0.1) is 0 Å². The van der Waals surface area contributed by atoms with Gasteiger partial charge in [0.15, 0.2) is 5.96 Å². The molecule has 2 rings (SSSR count). The van der Waals surface area contributed by atoms with Crippen LogP contribution < -0.4 is 10.6 Å². The van der Waals surface area contributed by atoms with E-state index in [1.54, 1.807) is 7.05 Å². The Labute approximate surface area is 159 Å². The summed E-state index contributed by atoms with van der Waals surface area (Å²) in [6, 6.07) is 14.6. The summed E-state index contributed by atoms with van der Waals surface area (Å²) in [6.45, 7) is 0.817. The van der Waals surface area contributed by atoms with Crippen molar-refractivity contribution in [1.29, 1.82) is 0 Å². The average molecular weight is 397 g/mol. The number of hydrogen-bond donors (Lipinski definition) is 2. The highest BCUT2D eigenvalue weighted by Gasteiger charge is 2.29. The number of alkyl halides is 3. The van der Waals surface area contributed by atoms with Crippen molar-refractivity contribution < 1.29 is 17.4 Å². The molecule has 0 radical (unpaired) electrons. The molecule has 0 aliphatic carbocycles. The van der Waals surface area contributed by atoms with Crippen molar-refractivity contribution in [3.05, 3.63) is 71.3 Å². The Morgan fingerprint density at radius 3 is 2.26 bits per heavy atom. The SMILES string of the molecule is CN=C(NCCS(=O)Cc1ccccc1)NCc1ccc(C(F)(F)F)cc1. The van der Waals surface area contributed by atoms with Crippen LogP contribution in [0.15, 0.2) is 59.6 Å². The highest BCUT2D eigenvalue weighted by atomic mass is 32.2. The number of halogens is 3. The van der Waals surface area contributed by atoms with Gasteiger partial charge in [-0.05, 0) is 23.3 Å². The topological polar surface area (TPSA) is 53.5 Å². The smallest absolute Gasteiger partial charge is 0.355 e. The Hall–Kier alpha value is -2.35. The van der Waals surface area contributed by atoms with Gasteiger partial charge in [0, 0.05) is 42.4 Å². The minimum absolute atomic E-state index is 0.338. The van der Waals surface area contributed by atoms with Crippen molar-refractivity contribution in [2.75, 3.05) is 19.3 Å². The van der Waals surface area contributed by atoms with Gasteiger partial charge in [-0.2, -0.15) is 13.2 Å². The number of benzene rings is 2. The van der Waals surface area contributed by atoms with E-state index in [2.05, 4.69) is 15.6 Å². The molecule has 0 amide bonds. The number of hydrogen-bond acceptors (Lipinski definition) is 2. The predicted molar refractivity (Wildman–Crippen MR) is 103 cm³/mol. The molecule has 0 saturated carbocycles. The van der Waals surface area contributed by atoms with Gasteiger partial charge in [0.2, 0.25) is 0 Å². The predicted octanol–water partition coefficient (Wildman–Crippen LogP) is 3.32. The maximum atomic E-state index is 12.6. The van der Waals surface area contributed by atoms with Crippen LogP contribution in [0.3, 0.4) is 0 Å². The number of guanidine groups is 1. The Morgan fingerprint density at radius 2 is 1.67 bits per heavy atom. The maximum absolute atomic E-state index is 12.6. The van der Waals surface area contributed by atoms with E-state index >= 15 is 0 Å². The third-order valence-electron chi connectivity index (χ3n) is 3.76. The molecule has 1 atom stereocenters. The number of aliphatic imine (C=N–C) groups is 1. The van der Waals surface area contributed by atoms with Crippen LogP contribution in [0, 0.1) is 0 Å².